The Hall–Kier alpha value is -6.20. The molecule has 6 aromatic carbocycles. The summed E-state index contributed by atoms with van der Waals surface area (Å²) < 4.78 is 5.92. The number of hydrogen-bond donors (Lipinski definition) is 0. The van der Waals surface area contributed by atoms with Gasteiger partial charge in [0.05, 0.1) is 22.4 Å². The average Bonchev–Trinajstić information content (AvgIpc) is 3.63. The molecule has 0 aliphatic rings. The predicted octanol–water partition coefficient (Wildman–Crippen LogP) is 10.0. The minimum atomic E-state index is 0.504. The molecule has 0 aliphatic heterocycles. The zero-order valence-corrected chi connectivity index (χ0v) is 24.2. The van der Waals surface area contributed by atoms with E-state index in [1.54, 1.807) is 0 Å². The lowest BCUT2D eigenvalue weighted by molar-refractivity contribution is 0.584. The van der Waals surface area contributed by atoms with Crippen molar-refractivity contribution < 1.29 is 4.42 Å². The number of aromatic nitrogens is 4. The van der Waals surface area contributed by atoms with Gasteiger partial charge in [-0.2, -0.15) is 0 Å². The molecule has 0 saturated heterocycles. The highest BCUT2D eigenvalue weighted by Crippen LogP contribution is 2.33. The topological polar surface area (TPSA) is 64.7 Å². The molecule has 0 N–H and O–H groups in total. The molecule has 0 radical (unpaired) electrons. The van der Waals surface area contributed by atoms with Crippen LogP contribution in [-0.2, 0) is 0 Å². The summed E-state index contributed by atoms with van der Waals surface area (Å²) in [5.41, 5.74) is 11.9. The molecule has 0 saturated carbocycles. The van der Waals surface area contributed by atoms with Crippen LogP contribution in [0, 0.1) is 0 Å². The minimum Gasteiger partial charge on any atom is -0.416 e. The van der Waals surface area contributed by atoms with Gasteiger partial charge in [-0.1, -0.05) is 121 Å². The summed E-state index contributed by atoms with van der Waals surface area (Å²) in [4.78, 5) is 10.0. The van der Waals surface area contributed by atoms with Crippen molar-refractivity contribution >= 4 is 11.0 Å². The maximum atomic E-state index is 5.92. The van der Waals surface area contributed by atoms with E-state index >= 15 is 0 Å². The van der Waals surface area contributed by atoms with Crippen LogP contribution >= 0.6 is 0 Å². The summed E-state index contributed by atoms with van der Waals surface area (Å²) in [7, 11) is 0. The van der Waals surface area contributed by atoms with E-state index in [0.29, 0.717) is 11.8 Å². The van der Waals surface area contributed by atoms with Gasteiger partial charge in [0.25, 0.3) is 0 Å². The van der Waals surface area contributed by atoms with Crippen LogP contribution in [0.25, 0.3) is 78.7 Å². The molecule has 8 aromatic rings. The molecule has 212 valence electrons. The molecule has 8 rings (SSSR count). The van der Waals surface area contributed by atoms with Crippen LogP contribution in [-0.4, -0.2) is 20.2 Å². The molecule has 0 spiro atoms. The molecule has 5 nitrogen and oxygen atoms in total. The fraction of sp³-hybridized carbons (Fsp3) is 0. The second kappa shape index (κ2) is 11.5. The van der Waals surface area contributed by atoms with Crippen LogP contribution < -0.4 is 0 Å². The first-order chi connectivity index (χ1) is 22.3. The summed E-state index contributed by atoms with van der Waals surface area (Å²) in [5, 5.41) is 8.46. The molecule has 0 unspecified atom stereocenters. The lowest BCUT2D eigenvalue weighted by atomic mass is 9.97. The Labute approximate surface area is 260 Å². The van der Waals surface area contributed by atoms with E-state index in [0.717, 1.165) is 66.9 Å². The van der Waals surface area contributed by atoms with Crippen LogP contribution in [0.1, 0.15) is 0 Å². The Morgan fingerprint density at radius 2 is 0.600 bits per heavy atom. The number of benzene rings is 6. The third-order valence-electron chi connectivity index (χ3n) is 7.91. The largest absolute Gasteiger partial charge is 0.416 e. The van der Waals surface area contributed by atoms with Crippen molar-refractivity contribution in [2.75, 3.05) is 0 Å². The fourth-order valence-corrected chi connectivity index (χ4v) is 5.52. The highest BCUT2D eigenvalue weighted by Gasteiger charge is 2.14. The zero-order valence-electron chi connectivity index (χ0n) is 24.2. The van der Waals surface area contributed by atoms with Crippen molar-refractivity contribution in [2.45, 2.75) is 0 Å². The summed E-state index contributed by atoms with van der Waals surface area (Å²) in [5.74, 6) is 1.02. The first-order valence-corrected chi connectivity index (χ1v) is 14.8. The maximum Gasteiger partial charge on any atom is 0.248 e. The second-order valence-electron chi connectivity index (χ2n) is 10.8. The molecule has 0 atom stereocenters. The monoisotopic (exact) mass is 578 g/mol. The van der Waals surface area contributed by atoms with Gasteiger partial charge in [0.15, 0.2) is 0 Å². The molecule has 2 heterocycles. The van der Waals surface area contributed by atoms with E-state index in [9.17, 15) is 0 Å². The Balaban J connectivity index is 1.03. The lowest BCUT2D eigenvalue weighted by Gasteiger charge is -2.11. The highest BCUT2D eigenvalue weighted by molar-refractivity contribution is 5.86. The summed E-state index contributed by atoms with van der Waals surface area (Å²) in [6.45, 7) is 0. The first-order valence-electron chi connectivity index (χ1n) is 14.8. The first kappa shape index (κ1) is 26.4. The number of hydrogen-bond acceptors (Lipinski definition) is 5. The molecule has 45 heavy (non-hydrogen) atoms. The third-order valence-corrected chi connectivity index (χ3v) is 7.91. The quantitative estimate of drug-likeness (QED) is 0.196. The van der Waals surface area contributed by atoms with E-state index in [-0.39, 0.29) is 0 Å². The van der Waals surface area contributed by atoms with Crippen LogP contribution in [0.3, 0.4) is 0 Å². The van der Waals surface area contributed by atoms with Crippen molar-refractivity contribution in [1.82, 2.24) is 20.2 Å². The van der Waals surface area contributed by atoms with Gasteiger partial charge in [0.1, 0.15) is 0 Å². The van der Waals surface area contributed by atoms with E-state index < -0.39 is 0 Å². The summed E-state index contributed by atoms with van der Waals surface area (Å²) in [6.07, 6.45) is 0. The number of fused-ring (bicyclic) bond motifs is 1. The lowest BCUT2D eigenvalue weighted by Crippen LogP contribution is -1.95. The van der Waals surface area contributed by atoms with Gasteiger partial charge < -0.3 is 4.42 Å². The summed E-state index contributed by atoms with van der Waals surface area (Å²) in [6, 6.07) is 53.5. The van der Waals surface area contributed by atoms with Gasteiger partial charge in [-0.05, 0) is 58.7 Å². The zero-order chi connectivity index (χ0) is 30.0. The Kier molecular flexibility index (Phi) is 6.74. The van der Waals surface area contributed by atoms with E-state index in [1.807, 2.05) is 84.9 Å². The highest BCUT2D eigenvalue weighted by atomic mass is 16.4. The minimum absolute atomic E-state index is 0.504. The van der Waals surface area contributed by atoms with Crippen LogP contribution in [0.2, 0.25) is 0 Å². The van der Waals surface area contributed by atoms with Crippen molar-refractivity contribution in [2.24, 2.45) is 0 Å². The molecular weight excluding hydrogens is 552 g/mol. The number of nitrogens with zero attached hydrogens (tertiary/aromatic N) is 4. The Morgan fingerprint density at radius 3 is 1.04 bits per heavy atom. The summed E-state index contributed by atoms with van der Waals surface area (Å²) >= 11 is 0. The maximum absolute atomic E-state index is 5.92. The van der Waals surface area contributed by atoms with Gasteiger partial charge in [0, 0.05) is 22.3 Å². The van der Waals surface area contributed by atoms with E-state index in [2.05, 4.69) is 83.0 Å². The van der Waals surface area contributed by atoms with Gasteiger partial charge in [0.2, 0.25) is 11.8 Å². The van der Waals surface area contributed by atoms with Crippen molar-refractivity contribution in [3.05, 3.63) is 158 Å². The van der Waals surface area contributed by atoms with E-state index in [4.69, 9.17) is 14.4 Å². The van der Waals surface area contributed by atoms with Crippen LogP contribution in [0.15, 0.2) is 162 Å². The molecule has 0 fully saturated rings. The van der Waals surface area contributed by atoms with Gasteiger partial charge in [-0.15, -0.1) is 10.2 Å². The van der Waals surface area contributed by atoms with Gasteiger partial charge >= 0.3 is 0 Å². The van der Waals surface area contributed by atoms with Crippen LogP contribution in [0.5, 0.6) is 0 Å². The van der Waals surface area contributed by atoms with Crippen molar-refractivity contribution in [3.63, 3.8) is 0 Å². The fourth-order valence-electron chi connectivity index (χ4n) is 5.52. The third kappa shape index (κ3) is 5.28. The Morgan fingerprint density at radius 1 is 0.289 bits per heavy atom. The molecule has 2 aromatic heterocycles. The molecular formula is C40H26N4O. The second-order valence-corrected chi connectivity index (χ2v) is 10.8. The standard InChI is InChI=1S/C40H26N4O/c1-3-9-31(10-4-1)37-38(42-36-14-8-7-13-35(36)41-37)32-23-19-29(20-24-32)27-15-17-28(18-16-27)30-21-25-34(26-22-30)40-44-43-39(45-40)33-11-5-2-6-12-33/h1-26H. The molecule has 0 aliphatic carbocycles. The van der Waals surface area contributed by atoms with E-state index in [1.165, 1.54) is 0 Å². The van der Waals surface area contributed by atoms with Gasteiger partial charge in [-0.3, -0.25) is 0 Å². The number of para-hydroxylation sites is 2. The average molecular weight is 579 g/mol. The predicted molar refractivity (Wildman–Crippen MR) is 180 cm³/mol. The number of rotatable bonds is 6. The molecule has 0 amide bonds. The van der Waals surface area contributed by atoms with Gasteiger partial charge in [-0.25, -0.2) is 9.97 Å². The normalized spacial score (nSPS) is 11.1. The SMILES string of the molecule is c1ccc(-c2nnc(-c3ccc(-c4ccc(-c5ccc(-c6nc7ccccc7nc6-c6ccccc6)cc5)cc4)cc3)o2)cc1. The van der Waals surface area contributed by atoms with Crippen molar-refractivity contribution in [3.8, 4) is 67.7 Å². The molecule has 0 bridgehead atoms. The van der Waals surface area contributed by atoms with Crippen LogP contribution in [0.4, 0.5) is 0 Å². The molecule has 5 heteroatoms. The smallest absolute Gasteiger partial charge is 0.248 e. The van der Waals surface area contributed by atoms with Crippen molar-refractivity contribution in [1.29, 1.82) is 0 Å². The Bertz CT molecular complexity index is 2220.